The van der Waals surface area contributed by atoms with Crippen molar-refractivity contribution in [1.29, 1.82) is 0 Å². The molecular weight excluding hydrogens is 396 g/mol. The number of benzene rings is 1. The highest BCUT2D eigenvalue weighted by Gasteiger charge is 2.26. The molecule has 2 aromatic rings. The van der Waals surface area contributed by atoms with Crippen molar-refractivity contribution in [3.05, 3.63) is 51.4 Å². The van der Waals surface area contributed by atoms with E-state index in [1.807, 2.05) is 0 Å². The number of hydrogen-bond acceptors (Lipinski definition) is 5. The number of anilines is 1. The molecule has 0 amide bonds. The van der Waals surface area contributed by atoms with Gasteiger partial charge in [-0.1, -0.05) is 12.1 Å². The van der Waals surface area contributed by atoms with Gasteiger partial charge in [0.25, 0.3) is 0 Å². The largest absolute Gasteiger partial charge is 0.478 e. The zero-order valence-corrected chi connectivity index (χ0v) is 17.2. The summed E-state index contributed by atoms with van der Waals surface area (Å²) in [5.41, 5.74) is 2.85. The number of carboxylic acids is 1. The van der Waals surface area contributed by atoms with Gasteiger partial charge in [0.05, 0.1) is 17.7 Å². The maximum absolute atomic E-state index is 12.5. The molecule has 3 N–H and O–H groups in total. The molecule has 0 spiro atoms. The van der Waals surface area contributed by atoms with E-state index < -0.39 is 5.97 Å². The molecule has 6 nitrogen and oxygen atoms in total. The summed E-state index contributed by atoms with van der Waals surface area (Å²) in [4.78, 5) is 24.6. The number of thiophene rings is 1. The van der Waals surface area contributed by atoms with Crippen molar-refractivity contribution in [2.45, 2.75) is 39.2 Å². The van der Waals surface area contributed by atoms with Crippen LogP contribution in [0.15, 0.2) is 24.3 Å². The molecule has 0 saturated carbocycles. The van der Waals surface area contributed by atoms with Crippen molar-refractivity contribution in [2.75, 3.05) is 11.9 Å². The normalized spacial score (nSPS) is 12.8. The van der Waals surface area contributed by atoms with E-state index in [1.54, 1.807) is 42.5 Å². The van der Waals surface area contributed by atoms with Crippen LogP contribution in [-0.4, -0.2) is 28.8 Å². The number of esters is 1. The topological polar surface area (TPSA) is 87.7 Å². The molecule has 1 aliphatic carbocycles. The summed E-state index contributed by atoms with van der Waals surface area (Å²) in [6, 6.07) is 6.60. The Morgan fingerprint density at radius 3 is 2.61 bits per heavy atom. The molecule has 0 aliphatic heterocycles. The first-order valence-electron chi connectivity index (χ1n) is 9.18. The molecular formula is C20H22N2O4S2. The summed E-state index contributed by atoms with van der Waals surface area (Å²) in [6.07, 6.45) is 4.07. The van der Waals surface area contributed by atoms with Crippen molar-refractivity contribution in [3.63, 3.8) is 0 Å². The Hall–Kier alpha value is -2.45. The SMILES string of the molecule is CCOC(=O)c1c(NC(=S)NCc2ccc(C(=O)O)cc2)sc2c1CCCC2. The number of thiocarbonyl (C=S) groups is 1. The molecule has 0 bridgehead atoms. The lowest BCUT2D eigenvalue weighted by molar-refractivity contribution is 0.0526. The second kappa shape index (κ2) is 9.16. The average molecular weight is 419 g/mol. The quantitative estimate of drug-likeness (QED) is 0.483. The van der Waals surface area contributed by atoms with Gasteiger partial charge in [0.15, 0.2) is 5.11 Å². The Morgan fingerprint density at radius 2 is 1.93 bits per heavy atom. The fraction of sp³-hybridized carbons (Fsp3) is 0.350. The molecule has 1 aliphatic rings. The summed E-state index contributed by atoms with van der Waals surface area (Å²) >= 11 is 6.96. The van der Waals surface area contributed by atoms with Crippen LogP contribution in [0.25, 0.3) is 0 Å². The summed E-state index contributed by atoms with van der Waals surface area (Å²) in [5.74, 6) is -1.26. The Morgan fingerprint density at radius 1 is 1.21 bits per heavy atom. The smallest absolute Gasteiger partial charge is 0.341 e. The van der Waals surface area contributed by atoms with Crippen LogP contribution in [0.5, 0.6) is 0 Å². The number of carbonyl (C=O) groups is 2. The van der Waals surface area contributed by atoms with Crippen LogP contribution in [-0.2, 0) is 24.1 Å². The Balaban J connectivity index is 1.68. The van der Waals surface area contributed by atoms with Gasteiger partial charge >= 0.3 is 11.9 Å². The van der Waals surface area contributed by atoms with Gasteiger partial charge in [-0.25, -0.2) is 9.59 Å². The lowest BCUT2D eigenvalue weighted by Crippen LogP contribution is -2.28. The number of nitrogens with one attached hydrogen (secondary N) is 2. The van der Waals surface area contributed by atoms with Gasteiger partial charge in [-0.05, 0) is 68.1 Å². The molecule has 0 atom stereocenters. The first-order chi connectivity index (χ1) is 13.5. The molecule has 0 unspecified atom stereocenters. The summed E-state index contributed by atoms with van der Waals surface area (Å²) in [7, 11) is 0. The van der Waals surface area contributed by atoms with E-state index in [-0.39, 0.29) is 11.5 Å². The van der Waals surface area contributed by atoms with E-state index in [9.17, 15) is 9.59 Å². The van der Waals surface area contributed by atoms with Crippen LogP contribution < -0.4 is 10.6 Å². The minimum atomic E-state index is -0.954. The second-order valence-corrected chi connectivity index (χ2v) is 7.96. The first kappa shape index (κ1) is 20.3. The van der Waals surface area contributed by atoms with Crippen LogP contribution in [0.4, 0.5) is 5.00 Å². The zero-order valence-electron chi connectivity index (χ0n) is 15.5. The summed E-state index contributed by atoms with van der Waals surface area (Å²) < 4.78 is 5.25. The predicted molar refractivity (Wildman–Crippen MR) is 113 cm³/mol. The van der Waals surface area contributed by atoms with Crippen LogP contribution in [0, 0.1) is 0 Å². The molecule has 148 valence electrons. The number of fused-ring (bicyclic) bond motifs is 1. The lowest BCUT2D eigenvalue weighted by atomic mass is 9.95. The summed E-state index contributed by atoms with van der Waals surface area (Å²) in [6.45, 7) is 2.58. The first-order valence-corrected chi connectivity index (χ1v) is 10.4. The maximum Gasteiger partial charge on any atom is 0.341 e. The third-order valence-electron chi connectivity index (χ3n) is 4.53. The van der Waals surface area contributed by atoms with Crippen molar-refractivity contribution in [3.8, 4) is 0 Å². The minimum absolute atomic E-state index is 0.243. The Labute approximate surface area is 172 Å². The molecule has 0 saturated heterocycles. The van der Waals surface area contributed by atoms with Crippen LogP contribution in [0.2, 0.25) is 0 Å². The summed E-state index contributed by atoms with van der Waals surface area (Å²) in [5, 5.41) is 16.3. The Bertz CT molecular complexity index is 890. The average Bonchev–Trinajstić information content (AvgIpc) is 3.04. The molecule has 28 heavy (non-hydrogen) atoms. The fourth-order valence-corrected chi connectivity index (χ4v) is 4.69. The number of carbonyl (C=O) groups excluding carboxylic acids is 1. The monoisotopic (exact) mass is 418 g/mol. The van der Waals surface area contributed by atoms with Crippen molar-refractivity contribution >= 4 is 45.6 Å². The zero-order chi connectivity index (χ0) is 20.1. The van der Waals surface area contributed by atoms with Crippen LogP contribution in [0.1, 0.15) is 56.5 Å². The van der Waals surface area contributed by atoms with Gasteiger partial charge in [-0.3, -0.25) is 0 Å². The van der Waals surface area contributed by atoms with Gasteiger partial charge in [-0.2, -0.15) is 0 Å². The highest BCUT2D eigenvalue weighted by molar-refractivity contribution is 7.80. The molecule has 1 aromatic carbocycles. The van der Waals surface area contributed by atoms with Crippen molar-refractivity contribution in [2.24, 2.45) is 0 Å². The number of rotatable bonds is 6. The Kier molecular flexibility index (Phi) is 6.64. The van der Waals surface area contributed by atoms with Crippen LogP contribution >= 0.6 is 23.6 Å². The van der Waals surface area contributed by atoms with E-state index >= 15 is 0 Å². The molecule has 3 rings (SSSR count). The predicted octanol–water partition coefficient (Wildman–Crippen LogP) is 3.99. The minimum Gasteiger partial charge on any atom is -0.478 e. The highest BCUT2D eigenvalue weighted by atomic mass is 32.1. The number of hydrogen-bond donors (Lipinski definition) is 3. The maximum atomic E-state index is 12.5. The van der Waals surface area contributed by atoms with Crippen molar-refractivity contribution < 1.29 is 19.4 Å². The highest BCUT2D eigenvalue weighted by Crippen LogP contribution is 2.38. The molecule has 8 heteroatoms. The standard InChI is InChI=1S/C20H22N2O4S2/c1-2-26-19(25)16-14-5-3-4-6-15(14)28-17(16)22-20(27)21-11-12-7-9-13(10-8-12)18(23)24/h7-10H,2-6,11H2,1H3,(H,23,24)(H2,21,22,27). The molecule has 0 fully saturated rings. The number of carboxylic acid groups (broad SMARTS) is 1. The number of aryl methyl sites for hydroxylation is 1. The van der Waals surface area contributed by atoms with Gasteiger partial charge in [-0.15, -0.1) is 11.3 Å². The van der Waals surface area contributed by atoms with Gasteiger partial charge < -0.3 is 20.5 Å². The van der Waals surface area contributed by atoms with E-state index in [2.05, 4.69) is 10.6 Å². The van der Waals surface area contributed by atoms with Crippen molar-refractivity contribution in [1.82, 2.24) is 5.32 Å². The van der Waals surface area contributed by atoms with Crippen LogP contribution in [0.3, 0.4) is 0 Å². The molecule has 1 heterocycles. The fourth-order valence-electron chi connectivity index (χ4n) is 3.17. The van der Waals surface area contributed by atoms with E-state index in [0.717, 1.165) is 41.8 Å². The van der Waals surface area contributed by atoms with E-state index in [1.165, 1.54) is 4.88 Å². The second-order valence-electron chi connectivity index (χ2n) is 6.45. The van der Waals surface area contributed by atoms with Gasteiger partial charge in [0.1, 0.15) is 5.00 Å². The number of aromatic carboxylic acids is 1. The molecule has 1 aromatic heterocycles. The van der Waals surface area contributed by atoms with E-state index in [0.29, 0.717) is 23.8 Å². The van der Waals surface area contributed by atoms with E-state index in [4.69, 9.17) is 22.1 Å². The lowest BCUT2D eigenvalue weighted by Gasteiger charge is -2.13. The molecule has 0 radical (unpaired) electrons. The van der Waals surface area contributed by atoms with Gasteiger partial charge in [0.2, 0.25) is 0 Å². The van der Waals surface area contributed by atoms with Gasteiger partial charge in [0, 0.05) is 11.4 Å². The third kappa shape index (κ3) is 4.69. The third-order valence-corrected chi connectivity index (χ3v) is 5.99. The number of ether oxygens (including phenoxy) is 1.